The fourth-order valence-electron chi connectivity index (χ4n) is 4.19. The van der Waals surface area contributed by atoms with E-state index < -0.39 is 21.4 Å². The lowest BCUT2D eigenvalue weighted by Crippen LogP contribution is -2.21. The molecule has 0 saturated heterocycles. The molecule has 0 aliphatic heterocycles. The van der Waals surface area contributed by atoms with Gasteiger partial charge in [-0.05, 0) is 42.8 Å². The predicted molar refractivity (Wildman–Crippen MR) is 148 cm³/mol. The van der Waals surface area contributed by atoms with Crippen LogP contribution in [0.25, 0.3) is 16.5 Å². The fourth-order valence-corrected chi connectivity index (χ4v) is 5.29. The van der Waals surface area contributed by atoms with Crippen molar-refractivity contribution in [3.05, 3.63) is 113 Å². The number of hydrogen-bond donors (Lipinski definition) is 2. The summed E-state index contributed by atoms with van der Waals surface area (Å²) in [4.78, 5) is 21.7. The van der Waals surface area contributed by atoms with Crippen LogP contribution in [-0.2, 0) is 16.6 Å². The lowest BCUT2D eigenvalue weighted by atomic mass is 10.1. The van der Waals surface area contributed by atoms with Crippen LogP contribution in [-0.4, -0.2) is 40.4 Å². The average molecular weight is 546 g/mol. The minimum Gasteiger partial charge on any atom is -0.494 e. The number of rotatable bonds is 9. The molecule has 3 aromatic carbocycles. The number of aliphatic imine (C=N–C) groups is 1. The van der Waals surface area contributed by atoms with Crippen molar-refractivity contribution in [2.75, 3.05) is 11.3 Å². The van der Waals surface area contributed by atoms with Crippen molar-refractivity contribution in [3.63, 3.8) is 0 Å². The quantitative estimate of drug-likeness (QED) is 0.211. The van der Waals surface area contributed by atoms with E-state index in [0.29, 0.717) is 22.9 Å². The van der Waals surface area contributed by atoms with Crippen molar-refractivity contribution >= 4 is 32.7 Å². The third-order valence-corrected chi connectivity index (χ3v) is 7.45. The second-order valence-electron chi connectivity index (χ2n) is 8.70. The molecule has 0 aliphatic rings. The standard InChI is InChI=1S/C28H24FN5O4S/c29-25-11-3-4-12-26(25)32-39(37,38)21-8-5-7-20(17-21)34-27(35)23-10-2-1-9-22(23)24(28(34)36)18-30-13-6-15-33-16-14-31-19-33/h1-5,7-12,14,16-19,32,36H,6,13,15H2. The van der Waals surface area contributed by atoms with Gasteiger partial charge >= 0.3 is 0 Å². The maximum absolute atomic E-state index is 14.1. The van der Waals surface area contributed by atoms with Crippen LogP contribution in [0.15, 0.2) is 106 Å². The fraction of sp³-hybridized carbons (Fsp3) is 0.107. The van der Waals surface area contributed by atoms with Crippen LogP contribution in [0.1, 0.15) is 12.0 Å². The van der Waals surface area contributed by atoms with Gasteiger partial charge < -0.3 is 9.67 Å². The van der Waals surface area contributed by atoms with Crippen molar-refractivity contribution in [1.82, 2.24) is 14.1 Å². The Morgan fingerprint density at radius 3 is 2.56 bits per heavy atom. The molecule has 5 aromatic rings. The van der Waals surface area contributed by atoms with Crippen molar-refractivity contribution in [2.45, 2.75) is 17.9 Å². The van der Waals surface area contributed by atoms with E-state index in [9.17, 15) is 22.7 Å². The lowest BCUT2D eigenvalue weighted by Gasteiger charge is -2.15. The maximum Gasteiger partial charge on any atom is 0.265 e. The van der Waals surface area contributed by atoms with Gasteiger partial charge in [-0.25, -0.2) is 22.4 Å². The van der Waals surface area contributed by atoms with Crippen LogP contribution in [0.3, 0.4) is 0 Å². The van der Waals surface area contributed by atoms with Crippen molar-refractivity contribution in [3.8, 4) is 11.6 Å². The highest BCUT2D eigenvalue weighted by atomic mass is 32.2. The van der Waals surface area contributed by atoms with Crippen LogP contribution in [0.2, 0.25) is 0 Å². The van der Waals surface area contributed by atoms with E-state index in [1.165, 1.54) is 48.7 Å². The largest absolute Gasteiger partial charge is 0.494 e. The van der Waals surface area contributed by atoms with E-state index in [-0.39, 0.29) is 22.2 Å². The smallest absolute Gasteiger partial charge is 0.265 e. The molecule has 9 nitrogen and oxygen atoms in total. The van der Waals surface area contributed by atoms with Gasteiger partial charge in [0.15, 0.2) is 0 Å². The third-order valence-electron chi connectivity index (χ3n) is 6.09. The number of aromatic hydroxyl groups is 1. The van der Waals surface area contributed by atoms with Gasteiger partial charge in [-0.3, -0.25) is 14.5 Å². The highest BCUT2D eigenvalue weighted by Gasteiger charge is 2.20. The number of para-hydroxylation sites is 1. The molecule has 0 bridgehead atoms. The van der Waals surface area contributed by atoms with Gasteiger partial charge in [0.2, 0.25) is 5.88 Å². The summed E-state index contributed by atoms with van der Waals surface area (Å²) in [6.07, 6.45) is 7.53. The number of aryl methyl sites for hydroxylation is 1. The van der Waals surface area contributed by atoms with Crippen LogP contribution >= 0.6 is 0 Å². The van der Waals surface area contributed by atoms with Gasteiger partial charge in [-0.1, -0.05) is 36.4 Å². The van der Waals surface area contributed by atoms with Gasteiger partial charge in [0.05, 0.1) is 28.2 Å². The van der Waals surface area contributed by atoms with Crippen molar-refractivity contribution in [1.29, 1.82) is 0 Å². The Morgan fingerprint density at radius 2 is 1.79 bits per heavy atom. The SMILES string of the molecule is O=c1c2ccccc2c(C=NCCCn2ccnc2)c(O)n1-c1cccc(S(=O)(=O)Nc2ccccc2F)c1. The number of pyridine rings is 1. The summed E-state index contributed by atoms with van der Waals surface area (Å²) in [6.45, 7) is 1.20. The van der Waals surface area contributed by atoms with E-state index in [1.807, 2.05) is 10.8 Å². The molecule has 39 heavy (non-hydrogen) atoms. The number of nitrogens with one attached hydrogen (secondary N) is 1. The molecule has 0 saturated carbocycles. The van der Waals surface area contributed by atoms with Crippen LogP contribution < -0.4 is 10.3 Å². The Labute approximate surface area is 223 Å². The van der Waals surface area contributed by atoms with Gasteiger partial charge in [-0.2, -0.15) is 0 Å². The van der Waals surface area contributed by atoms with Gasteiger partial charge in [0.1, 0.15) is 5.82 Å². The Bertz CT molecular complexity index is 1830. The molecular formula is C28H24FN5O4S. The van der Waals surface area contributed by atoms with E-state index in [4.69, 9.17) is 0 Å². The van der Waals surface area contributed by atoms with Gasteiger partial charge in [-0.15, -0.1) is 0 Å². The second-order valence-corrected chi connectivity index (χ2v) is 10.4. The summed E-state index contributed by atoms with van der Waals surface area (Å²) in [5, 5.41) is 12.1. The van der Waals surface area contributed by atoms with Gasteiger partial charge in [0.25, 0.3) is 15.6 Å². The summed E-state index contributed by atoms with van der Waals surface area (Å²) in [5.74, 6) is -1.11. The first-order chi connectivity index (χ1) is 18.8. The molecule has 0 aliphatic carbocycles. The van der Waals surface area contributed by atoms with E-state index in [2.05, 4.69) is 14.7 Å². The van der Waals surface area contributed by atoms with Gasteiger partial charge in [0, 0.05) is 42.5 Å². The monoisotopic (exact) mass is 545 g/mol. The summed E-state index contributed by atoms with van der Waals surface area (Å²) < 4.78 is 45.3. The molecule has 0 fully saturated rings. The first-order valence-electron chi connectivity index (χ1n) is 12.1. The number of sulfonamides is 1. The summed E-state index contributed by atoms with van der Waals surface area (Å²) in [5.41, 5.74) is -0.294. The topological polar surface area (TPSA) is 119 Å². The van der Waals surface area contributed by atoms with Crippen molar-refractivity contribution in [2.24, 2.45) is 4.99 Å². The molecule has 2 aromatic heterocycles. The first-order valence-corrected chi connectivity index (χ1v) is 13.5. The average Bonchev–Trinajstić information content (AvgIpc) is 3.45. The normalized spacial score (nSPS) is 11.8. The molecular weight excluding hydrogens is 521 g/mol. The molecule has 0 radical (unpaired) electrons. The van der Waals surface area contributed by atoms with Crippen LogP contribution in [0, 0.1) is 5.82 Å². The lowest BCUT2D eigenvalue weighted by molar-refractivity contribution is 0.436. The maximum atomic E-state index is 14.1. The minimum absolute atomic E-state index is 0.120. The molecule has 2 heterocycles. The number of anilines is 1. The van der Waals surface area contributed by atoms with E-state index >= 15 is 0 Å². The highest BCUT2D eigenvalue weighted by Crippen LogP contribution is 2.27. The van der Waals surface area contributed by atoms with E-state index in [0.717, 1.165) is 23.6 Å². The molecule has 0 atom stereocenters. The summed E-state index contributed by atoms with van der Waals surface area (Å²) in [7, 11) is -4.20. The Hall–Kier alpha value is -4.77. The number of imidazole rings is 1. The van der Waals surface area contributed by atoms with Crippen LogP contribution in [0.4, 0.5) is 10.1 Å². The zero-order valence-corrected chi connectivity index (χ0v) is 21.4. The summed E-state index contributed by atoms with van der Waals surface area (Å²) >= 11 is 0. The number of nitrogens with zero attached hydrogens (tertiary/aromatic N) is 4. The molecule has 0 amide bonds. The molecule has 11 heteroatoms. The number of fused-ring (bicyclic) bond motifs is 1. The highest BCUT2D eigenvalue weighted by molar-refractivity contribution is 7.92. The Morgan fingerprint density at radius 1 is 1.03 bits per heavy atom. The Balaban J connectivity index is 1.52. The number of hydrogen-bond acceptors (Lipinski definition) is 6. The zero-order chi connectivity index (χ0) is 27.4. The van der Waals surface area contributed by atoms with Crippen LogP contribution in [0.5, 0.6) is 5.88 Å². The number of halogens is 1. The molecule has 2 N–H and O–H groups in total. The predicted octanol–water partition coefficient (Wildman–Crippen LogP) is 4.34. The second kappa shape index (κ2) is 10.9. The molecule has 198 valence electrons. The number of aromatic nitrogens is 3. The zero-order valence-electron chi connectivity index (χ0n) is 20.6. The summed E-state index contributed by atoms with van der Waals surface area (Å²) in [6, 6.07) is 17.7. The molecule has 0 unspecified atom stereocenters. The molecule has 0 spiro atoms. The minimum atomic E-state index is -4.20. The number of benzene rings is 3. The Kier molecular flexibility index (Phi) is 7.24. The third kappa shape index (κ3) is 5.43. The molecule has 5 rings (SSSR count). The van der Waals surface area contributed by atoms with E-state index in [1.54, 1.807) is 36.8 Å². The first kappa shape index (κ1) is 25.9. The van der Waals surface area contributed by atoms with Crippen molar-refractivity contribution < 1.29 is 17.9 Å².